The Kier molecular flexibility index (Phi) is 6.85. The van der Waals surface area contributed by atoms with Gasteiger partial charge < -0.3 is 14.4 Å². The van der Waals surface area contributed by atoms with E-state index in [2.05, 4.69) is 16.8 Å². The molecule has 0 bridgehead atoms. The van der Waals surface area contributed by atoms with E-state index in [1.54, 1.807) is 22.9 Å². The van der Waals surface area contributed by atoms with E-state index in [0.717, 1.165) is 42.4 Å². The summed E-state index contributed by atoms with van der Waals surface area (Å²) >= 11 is 13.0. The summed E-state index contributed by atoms with van der Waals surface area (Å²) in [6.45, 7) is 6.51. The van der Waals surface area contributed by atoms with Crippen LogP contribution in [0.5, 0.6) is 0 Å². The van der Waals surface area contributed by atoms with Crippen LogP contribution in [0.15, 0.2) is 35.3 Å². The van der Waals surface area contributed by atoms with Gasteiger partial charge in [0, 0.05) is 28.7 Å². The smallest absolute Gasteiger partial charge is 0.309 e. The quantitative estimate of drug-likeness (QED) is 0.391. The molecule has 2 aliphatic rings. The minimum absolute atomic E-state index is 0.176. The molecule has 1 N–H and O–H groups in total. The molecular weight excluding hydrogens is 501 g/mol. The maximum absolute atomic E-state index is 13.5. The predicted octanol–water partition coefficient (Wildman–Crippen LogP) is 4.64. The molecule has 0 saturated carbocycles. The van der Waals surface area contributed by atoms with Crippen LogP contribution in [0.2, 0.25) is 10.2 Å². The summed E-state index contributed by atoms with van der Waals surface area (Å²) in [7, 11) is 0. The number of nitrogens with zero attached hydrogens (tertiary/aromatic N) is 3. The molecule has 0 radical (unpaired) electrons. The molecule has 3 aromatic rings. The van der Waals surface area contributed by atoms with Crippen LogP contribution in [0.1, 0.15) is 55.4 Å². The lowest BCUT2D eigenvalue weighted by Gasteiger charge is -2.31. The van der Waals surface area contributed by atoms with Gasteiger partial charge in [-0.1, -0.05) is 36.2 Å². The summed E-state index contributed by atoms with van der Waals surface area (Å²) in [6, 6.07) is 7.30. The zero-order valence-electron chi connectivity index (χ0n) is 20.4. The molecule has 9 heteroatoms. The van der Waals surface area contributed by atoms with Gasteiger partial charge in [-0.05, 0) is 68.1 Å². The van der Waals surface area contributed by atoms with Crippen LogP contribution in [-0.2, 0) is 34.8 Å². The first-order chi connectivity index (χ1) is 17.1. The molecule has 190 valence electrons. The Morgan fingerprint density at radius 1 is 1.14 bits per heavy atom. The highest BCUT2D eigenvalue weighted by atomic mass is 35.5. The number of esters is 1. The molecule has 5 rings (SSSR count). The first-order valence-corrected chi connectivity index (χ1v) is 13.0. The topological polar surface area (TPSA) is 84.7 Å². The third-order valence-corrected chi connectivity index (χ3v) is 7.96. The van der Waals surface area contributed by atoms with Crippen LogP contribution >= 0.6 is 23.2 Å². The highest BCUT2D eigenvalue weighted by Crippen LogP contribution is 2.33. The van der Waals surface area contributed by atoms with Crippen molar-refractivity contribution in [2.24, 2.45) is 5.92 Å². The van der Waals surface area contributed by atoms with E-state index in [1.807, 2.05) is 12.1 Å². The number of rotatable bonds is 4. The van der Waals surface area contributed by atoms with Gasteiger partial charge in [-0.3, -0.25) is 14.5 Å². The second kappa shape index (κ2) is 9.78. The Hall–Kier alpha value is -2.45. The van der Waals surface area contributed by atoms with Crippen LogP contribution in [0.4, 0.5) is 0 Å². The van der Waals surface area contributed by atoms with E-state index in [9.17, 15) is 14.7 Å². The fraction of sp³-hybridized carbons (Fsp3) is 0.444. The van der Waals surface area contributed by atoms with Crippen molar-refractivity contribution in [3.63, 3.8) is 0 Å². The van der Waals surface area contributed by atoms with Crippen LogP contribution in [0.25, 0.3) is 10.9 Å². The number of aliphatic hydroxyl groups is 1. The first-order valence-electron chi connectivity index (χ1n) is 12.2. The molecule has 36 heavy (non-hydrogen) atoms. The van der Waals surface area contributed by atoms with Gasteiger partial charge >= 0.3 is 5.97 Å². The Morgan fingerprint density at radius 2 is 1.89 bits per heavy atom. The zero-order valence-corrected chi connectivity index (χ0v) is 21.9. The van der Waals surface area contributed by atoms with Gasteiger partial charge in [-0.25, -0.2) is 4.98 Å². The molecule has 4 heterocycles. The number of likely N-dealkylation sites (tertiary alicyclic amines) is 1. The monoisotopic (exact) mass is 529 g/mol. The van der Waals surface area contributed by atoms with Gasteiger partial charge in [-0.2, -0.15) is 0 Å². The van der Waals surface area contributed by atoms with Crippen LogP contribution in [-0.4, -0.2) is 38.6 Å². The molecule has 2 aliphatic heterocycles. The van der Waals surface area contributed by atoms with Gasteiger partial charge in [0.25, 0.3) is 5.56 Å². The van der Waals surface area contributed by atoms with E-state index in [4.69, 9.17) is 27.9 Å². The maximum Gasteiger partial charge on any atom is 0.309 e. The molecule has 1 unspecified atom stereocenters. The van der Waals surface area contributed by atoms with Crippen molar-refractivity contribution >= 4 is 40.1 Å². The third-order valence-electron chi connectivity index (χ3n) is 7.41. The minimum Gasteiger partial charge on any atom is -0.460 e. The molecule has 2 aromatic heterocycles. The van der Waals surface area contributed by atoms with Gasteiger partial charge in [0.1, 0.15) is 11.8 Å². The Morgan fingerprint density at radius 3 is 2.64 bits per heavy atom. The Balaban J connectivity index is 1.59. The van der Waals surface area contributed by atoms with Crippen molar-refractivity contribution in [1.29, 1.82) is 0 Å². The zero-order chi connectivity index (χ0) is 25.6. The fourth-order valence-electron chi connectivity index (χ4n) is 5.24. The van der Waals surface area contributed by atoms with Crippen molar-refractivity contribution in [3.05, 3.63) is 73.2 Å². The number of aromatic nitrogens is 2. The molecule has 0 amide bonds. The van der Waals surface area contributed by atoms with Crippen molar-refractivity contribution < 1.29 is 14.6 Å². The van der Waals surface area contributed by atoms with Gasteiger partial charge in [0.15, 0.2) is 0 Å². The van der Waals surface area contributed by atoms with E-state index in [0.29, 0.717) is 33.7 Å². The lowest BCUT2D eigenvalue weighted by Crippen LogP contribution is -2.33. The molecular formula is C27H29Cl2N3O4. The number of carbonyl (C=O) groups excluding carboxylic acids is 1. The number of cyclic esters (lactones) is 1. The van der Waals surface area contributed by atoms with Crippen molar-refractivity contribution in [3.8, 4) is 0 Å². The van der Waals surface area contributed by atoms with Gasteiger partial charge in [-0.15, -0.1) is 0 Å². The number of piperidine rings is 1. The summed E-state index contributed by atoms with van der Waals surface area (Å²) in [5.41, 5.74) is 1.40. The summed E-state index contributed by atoms with van der Waals surface area (Å²) in [5.74, 6) is 0.169. The SMILES string of the molecule is CC1CCN(Cc2c(Cn3ccc4c(c3=O)COC(=O)CC4(C)O)c(Cl)nc3cc(Cl)ccc23)CC1. The van der Waals surface area contributed by atoms with Crippen molar-refractivity contribution in [2.45, 2.75) is 58.4 Å². The number of hydrogen-bond donors (Lipinski definition) is 1. The van der Waals surface area contributed by atoms with E-state index < -0.39 is 11.6 Å². The molecule has 1 atom stereocenters. The Labute approximate surface area is 219 Å². The minimum atomic E-state index is -1.47. The fourth-order valence-corrected chi connectivity index (χ4v) is 5.67. The number of carbonyl (C=O) groups is 1. The number of fused-ring (bicyclic) bond motifs is 2. The summed E-state index contributed by atoms with van der Waals surface area (Å²) in [4.78, 5) is 32.5. The van der Waals surface area contributed by atoms with E-state index >= 15 is 0 Å². The standard InChI is InChI=1S/C27H29Cl2N3O4/c1-16-5-8-31(9-6-16)13-19-18-4-3-17(28)11-23(18)30-25(29)20(19)14-32-10-7-22-21(26(32)34)15-36-24(33)12-27(22,2)35/h3-4,7,10-11,16,35H,5-6,8-9,12-15H2,1-2H3. The van der Waals surface area contributed by atoms with Crippen molar-refractivity contribution in [2.75, 3.05) is 13.1 Å². The van der Waals surface area contributed by atoms with Crippen LogP contribution in [0.3, 0.4) is 0 Å². The van der Waals surface area contributed by atoms with Crippen LogP contribution in [0, 0.1) is 5.92 Å². The first kappa shape index (κ1) is 25.2. The lowest BCUT2D eigenvalue weighted by atomic mass is 9.90. The van der Waals surface area contributed by atoms with Gasteiger partial charge in [0.2, 0.25) is 0 Å². The van der Waals surface area contributed by atoms with Gasteiger partial charge in [0.05, 0.1) is 29.6 Å². The number of pyridine rings is 2. The number of hydrogen-bond acceptors (Lipinski definition) is 6. The van der Waals surface area contributed by atoms with Crippen molar-refractivity contribution in [1.82, 2.24) is 14.5 Å². The van der Waals surface area contributed by atoms with E-state index in [1.165, 1.54) is 6.92 Å². The highest BCUT2D eigenvalue weighted by Gasteiger charge is 2.34. The normalized spacial score (nSPS) is 21.3. The molecule has 0 aliphatic carbocycles. The van der Waals surface area contributed by atoms with Crippen LogP contribution < -0.4 is 5.56 Å². The maximum atomic E-state index is 13.5. The summed E-state index contributed by atoms with van der Waals surface area (Å²) < 4.78 is 6.75. The summed E-state index contributed by atoms with van der Waals surface area (Å²) in [6.07, 6.45) is 3.72. The number of ether oxygens (including phenoxy) is 1. The molecule has 0 spiro atoms. The lowest BCUT2D eigenvalue weighted by molar-refractivity contribution is -0.148. The number of benzene rings is 1. The second-order valence-corrected chi connectivity index (χ2v) is 11.0. The highest BCUT2D eigenvalue weighted by molar-refractivity contribution is 6.32. The van der Waals surface area contributed by atoms with E-state index in [-0.39, 0.29) is 30.7 Å². The molecule has 1 aromatic carbocycles. The average Bonchev–Trinajstić information content (AvgIpc) is 2.93. The number of halogens is 2. The average molecular weight is 530 g/mol. The largest absolute Gasteiger partial charge is 0.460 e. The summed E-state index contributed by atoms with van der Waals surface area (Å²) in [5, 5.41) is 12.7. The molecule has 1 saturated heterocycles. The Bertz CT molecular complexity index is 1390. The third kappa shape index (κ3) is 4.90. The molecule has 1 fully saturated rings. The second-order valence-electron chi connectivity index (χ2n) is 10.2. The molecule has 7 nitrogen and oxygen atoms in total. The predicted molar refractivity (Wildman–Crippen MR) is 139 cm³/mol.